The molecule has 2 atom stereocenters. The molecule has 1 aliphatic rings. The standard InChI is InChI=1S/C13H18N2OS2/c1-10(11-2-4-14-5-3-11)15-13(16)8-12-9-17-6-7-18-12/h2-5,10,12H,6-9H2,1H3,(H,15,16)/t10-,12+/m0/s1. The third-order valence-electron chi connectivity index (χ3n) is 2.88. The second-order valence-electron chi connectivity index (χ2n) is 4.34. The van der Waals surface area contributed by atoms with Crippen molar-refractivity contribution in [1.29, 1.82) is 0 Å². The molecule has 0 aromatic carbocycles. The lowest BCUT2D eigenvalue weighted by molar-refractivity contribution is -0.121. The minimum Gasteiger partial charge on any atom is -0.350 e. The fourth-order valence-electron chi connectivity index (χ4n) is 1.90. The zero-order valence-electron chi connectivity index (χ0n) is 10.5. The van der Waals surface area contributed by atoms with Gasteiger partial charge in [0.2, 0.25) is 5.91 Å². The quantitative estimate of drug-likeness (QED) is 0.921. The highest BCUT2D eigenvalue weighted by Crippen LogP contribution is 2.26. The van der Waals surface area contributed by atoms with Crippen LogP contribution in [0.1, 0.15) is 24.9 Å². The lowest BCUT2D eigenvalue weighted by Crippen LogP contribution is -2.30. The van der Waals surface area contributed by atoms with Gasteiger partial charge in [0.1, 0.15) is 0 Å². The average molecular weight is 282 g/mol. The number of hydrogen-bond acceptors (Lipinski definition) is 4. The maximum Gasteiger partial charge on any atom is 0.221 e. The number of hydrogen-bond donors (Lipinski definition) is 1. The number of amides is 1. The summed E-state index contributed by atoms with van der Waals surface area (Å²) in [5.41, 5.74) is 1.10. The van der Waals surface area contributed by atoms with Gasteiger partial charge in [0.05, 0.1) is 6.04 Å². The molecule has 18 heavy (non-hydrogen) atoms. The smallest absolute Gasteiger partial charge is 0.221 e. The van der Waals surface area contributed by atoms with Gasteiger partial charge < -0.3 is 5.32 Å². The van der Waals surface area contributed by atoms with Crippen LogP contribution in [0.4, 0.5) is 0 Å². The number of thioether (sulfide) groups is 2. The molecule has 0 aliphatic carbocycles. The summed E-state index contributed by atoms with van der Waals surface area (Å²) in [5.74, 6) is 3.64. The van der Waals surface area contributed by atoms with E-state index in [9.17, 15) is 4.79 Å². The molecular formula is C13H18N2OS2. The van der Waals surface area contributed by atoms with E-state index in [1.54, 1.807) is 12.4 Å². The number of carbonyl (C=O) groups excluding carboxylic acids is 1. The van der Waals surface area contributed by atoms with Crippen molar-refractivity contribution in [2.24, 2.45) is 0 Å². The molecule has 1 aromatic rings. The van der Waals surface area contributed by atoms with E-state index in [1.165, 1.54) is 11.5 Å². The summed E-state index contributed by atoms with van der Waals surface area (Å²) in [7, 11) is 0. The first kappa shape index (κ1) is 13.7. The molecule has 1 saturated heterocycles. The van der Waals surface area contributed by atoms with Crippen LogP contribution in [0.15, 0.2) is 24.5 Å². The molecule has 0 radical (unpaired) electrons. The zero-order chi connectivity index (χ0) is 12.8. The van der Waals surface area contributed by atoms with Gasteiger partial charge in [-0.05, 0) is 24.6 Å². The van der Waals surface area contributed by atoms with Crippen LogP contribution in [0, 0.1) is 0 Å². The molecule has 1 aromatic heterocycles. The van der Waals surface area contributed by atoms with Crippen molar-refractivity contribution in [3.8, 4) is 0 Å². The highest BCUT2D eigenvalue weighted by Gasteiger charge is 2.19. The summed E-state index contributed by atoms with van der Waals surface area (Å²) < 4.78 is 0. The van der Waals surface area contributed by atoms with Crippen LogP contribution in [0.25, 0.3) is 0 Å². The van der Waals surface area contributed by atoms with Gasteiger partial charge in [-0.15, -0.1) is 0 Å². The maximum absolute atomic E-state index is 11.9. The molecule has 0 spiro atoms. The highest BCUT2D eigenvalue weighted by molar-refractivity contribution is 8.06. The Kier molecular flexibility index (Phi) is 5.38. The van der Waals surface area contributed by atoms with E-state index in [-0.39, 0.29) is 11.9 Å². The molecular weight excluding hydrogens is 264 g/mol. The molecule has 2 rings (SSSR count). The van der Waals surface area contributed by atoms with E-state index in [0.29, 0.717) is 11.7 Å². The maximum atomic E-state index is 11.9. The van der Waals surface area contributed by atoms with Gasteiger partial charge in [-0.2, -0.15) is 23.5 Å². The van der Waals surface area contributed by atoms with Crippen LogP contribution in [-0.4, -0.2) is 33.4 Å². The van der Waals surface area contributed by atoms with Gasteiger partial charge in [0.15, 0.2) is 0 Å². The molecule has 0 unspecified atom stereocenters. The van der Waals surface area contributed by atoms with E-state index in [1.807, 2.05) is 42.6 Å². The normalized spacial score (nSPS) is 21.3. The molecule has 2 heterocycles. The van der Waals surface area contributed by atoms with Crippen molar-refractivity contribution in [2.75, 3.05) is 17.3 Å². The fourth-order valence-corrected chi connectivity index (χ4v) is 4.58. The third kappa shape index (κ3) is 4.21. The first-order chi connectivity index (χ1) is 8.75. The Bertz CT molecular complexity index is 380. The van der Waals surface area contributed by atoms with Gasteiger partial charge in [-0.1, -0.05) is 0 Å². The van der Waals surface area contributed by atoms with Crippen molar-refractivity contribution in [2.45, 2.75) is 24.6 Å². The molecule has 1 amide bonds. The highest BCUT2D eigenvalue weighted by atomic mass is 32.2. The summed E-state index contributed by atoms with van der Waals surface area (Å²) in [6.07, 6.45) is 4.14. The van der Waals surface area contributed by atoms with E-state index < -0.39 is 0 Å². The lowest BCUT2D eigenvalue weighted by atomic mass is 10.1. The van der Waals surface area contributed by atoms with E-state index in [4.69, 9.17) is 0 Å². The topological polar surface area (TPSA) is 42.0 Å². The van der Waals surface area contributed by atoms with Crippen molar-refractivity contribution in [3.63, 3.8) is 0 Å². The van der Waals surface area contributed by atoms with Crippen LogP contribution in [0.2, 0.25) is 0 Å². The van der Waals surface area contributed by atoms with E-state index >= 15 is 0 Å². The zero-order valence-corrected chi connectivity index (χ0v) is 12.1. The van der Waals surface area contributed by atoms with Crippen LogP contribution in [0.5, 0.6) is 0 Å². The van der Waals surface area contributed by atoms with Gasteiger partial charge >= 0.3 is 0 Å². The van der Waals surface area contributed by atoms with Crippen LogP contribution in [0.3, 0.4) is 0 Å². The van der Waals surface area contributed by atoms with Crippen LogP contribution < -0.4 is 5.32 Å². The molecule has 98 valence electrons. The number of nitrogens with zero attached hydrogens (tertiary/aromatic N) is 1. The van der Waals surface area contributed by atoms with Gasteiger partial charge in [0.25, 0.3) is 0 Å². The second kappa shape index (κ2) is 7.04. The SMILES string of the molecule is C[C@H](NC(=O)C[C@@H]1CSCCS1)c1ccncc1. The summed E-state index contributed by atoms with van der Waals surface area (Å²) in [6.45, 7) is 2.01. The number of carbonyl (C=O) groups is 1. The van der Waals surface area contributed by atoms with Gasteiger partial charge in [0, 0.05) is 41.3 Å². The van der Waals surface area contributed by atoms with Gasteiger partial charge in [-0.25, -0.2) is 0 Å². The van der Waals surface area contributed by atoms with Crippen LogP contribution >= 0.6 is 23.5 Å². The minimum absolute atomic E-state index is 0.0572. The number of rotatable bonds is 4. The molecule has 0 bridgehead atoms. The molecule has 5 heteroatoms. The summed E-state index contributed by atoms with van der Waals surface area (Å²) >= 11 is 3.87. The van der Waals surface area contributed by atoms with Crippen molar-refractivity contribution in [3.05, 3.63) is 30.1 Å². The number of nitrogens with one attached hydrogen (secondary N) is 1. The number of pyridine rings is 1. The first-order valence-electron chi connectivity index (χ1n) is 6.14. The Hall–Kier alpha value is -0.680. The molecule has 1 aliphatic heterocycles. The Labute approximate surface area is 117 Å². The largest absolute Gasteiger partial charge is 0.350 e. The van der Waals surface area contributed by atoms with Crippen molar-refractivity contribution in [1.82, 2.24) is 10.3 Å². The first-order valence-corrected chi connectivity index (χ1v) is 8.34. The molecule has 1 fully saturated rings. The predicted octanol–water partition coefficient (Wildman–Crippen LogP) is 2.50. The Balaban J connectivity index is 1.80. The Morgan fingerprint density at radius 3 is 2.94 bits per heavy atom. The predicted molar refractivity (Wildman–Crippen MR) is 79.0 cm³/mol. The van der Waals surface area contributed by atoms with Crippen molar-refractivity contribution < 1.29 is 4.79 Å². The lowest BCUT2D eigenvalue weighted by Gasteiger charge is -2.21. The summed E-state index contributed by atoms with van der Waals surface area (Å²) in [5, 5.41) is 3.53. The minimum atomic E-state index is 0.0572. The summed E-state index contributed by atoms with van der Waals surface area (Å²) in [6, 6.07) is 3.94. The second-order valence-corrected chi connectivity index (χ2v) is 6.90. The van der Waals surface area contributed by atoms with Crippen LogP contribution in [-0.2, 0) is 4.79 Å². The summed E-state index contributed by atoms with van der Waals surface area (Å²) in [4.78, 5) is 15.9. The Morgan fingerprint density at radius 1 is 1.50 bits per heavy atom. The average Bonchev–Trinajstić information content (AvgIpc) is 2.40. The fraction of sp³-hybridized carbons (Fsp3) is 0.538. The molecule has 3 nitrogen and oxygen atoms in total. The third-order valence-corrected chi connectivity index (χ3v) is 5.73. The van der Waals surface area contributed by atoms with E-state index in [2.05, 4.69) is 10.3 Å². The van der Waals surface area contributed by atoms with E-state index in [0.717, 1.165) is 11.3 Å². The van der Waals surface area contributed by atoms with Crippen molar-refractivity contribution >= 4 is 29.4 Å². The monoisotopic (exact) mass is 282 g/mol. The molecule has 1 N–H and O–H groups in total. The Morgan fingerprint density at radius 2 is 2.28 bits per heavy atom. The van der Waals surface area contributed by atoms with Gasteiger partial charge in [-0.3, -0.25) is 9.78 Å². The molecule has 0 saturated carbocycles. The number of aromatic nitrogens is 1.